The number of hydrogen-bond acceptors (Lipinski definition) is 14. The minimum atomic E-state index is 0.973. The monoisotopic (exact) mass is 1620 g/mol. The summed E-state index contributed by atoms with van der Waals surface area (Å²) in [7, 11) is 0. The van der Waals surface area contributed by atoms with E-state index in [-0.39, 0.29) is 0 Å². The zero-order chi connectivity index (χ0) is 72.6. The van der Waals surface area contributed by atoms with Gasteiger partial charge >= 0.3 is 0 Å². The van der Waals surface area contributed by atoms with Crippen LogP contribution in [0, 0.1) is 0 Å². The first kappa shape index (κ1) is 77.7. The maximum absolute atomic E-state index is 5.98. The van der Waals surface area contributed by atoms with E-state index in [9.17, 15) is 0 Å². The van der Waals surface area contributed by atoms with E-state index in [4.69, 9.17) is 9.97 Å². The first-order chi connectivity index (χ1) is 52.3. The Hall–Kier alpha value is -5.04. The van der Waals surface area contributed by atoms with Crippen LogP contribution in [-0.2, 0) is 38.5 Å². The van der Waals surface area contributed by atoms with Crippen LogP contribution in [0.3, 0.4) is 0 Å². The lowest BCUT2D eigenvalue weighted by atomic mass is 10.0. The number of aryl methyl sites for hydroxylation is 6. The number of unbranched alkanes of at least 4 members (excludes halogenated alkanes) is 18. The van der Waals surface area contributed by atoms with Gasteiger partial charge in [-0.1, -0.05) is 181 Å². The zero-order valence-electron chi connectivity index (χ0n) is 62.9. The highest BCUT2D eigenvalue weighted by molar-refractivity contribution is 7.31. The lowest BCUT2D eigenvalue weighted by Gasteiger charge is -2.13. The molecule has 2 nitrogen and oxygen atoms in total. The SMILES string of the molecule is CCCCCCc1ccc(-c2ccc(-c3ccc(-c4sc(-c5sc(-c6ccc(-c7cc(CCCCCC)c(-c8cc(CCCCCC)c(-c9ccc(-c%10ccc(-c%11ccc(CCCCCC)s%11)s%10)s9)s8)s7)c7nc(-c8cccs8)c(-c8cccs8)nc67)cc5CCCCCC)cc4CCCCCC)s3)s2)s1. The Balaban J connectivity index is 0.845. The second-order valence-electron chi connectivity index (χ2n) is 28.6. The highest BCUT2D eigenvalue weighted by atomic mass is 32.1. The summed E-state index contributed by atoms with van der Waals surface area (Å²) in [5.74, 6) is 0. The fourth-order valence-corrected chi connectivity index (χ4v) is 28.0. The second-order valence-corrected chi connectivity index (χ2v) is 41.4. The summed E-state index contributed by atoms with van der Waals surface area (Å²) in [6.45, 7) is 13.9. The number of aromatic nitrogens is 2. The first-order valence-electron chi connectivity index (χ1n) is 39.8. The second kappa shape index (κ2) is 38.7. The Bertz CT molecular complexity index is 4710. The van der Waals surface area contributed by atoms with Crippen LogP contribution in [0.1, 0.15) is 228 Å². The summed E-state index contributed by atoms with van der Waals surface area (Å²) in [6.07, 6.45) is 37.0. The van der Waals surface area contributed by atoms with Crippen LogP contribution in [0.5, 0.6) is 0 Å². The first-order valence-corrected chi connectivity index (χ1v) is 49.7. The molecule has 0 unspecified atom stereocenters. The molecule has 0 saturated carbocycles. The minimum absolute atomic E-state index is 0.973. The third-order valence-electron chi connectivity index (χ3n) is 20.5. The number of benzene rings is 1. The molecule has 0 amide bonds. The fourth-order valence-electron chi connectivity index (χ4n) is 14.6. The average Bonchev–Trinajstić information content (AvgIpc) is 1.51. The molecule has 0 atom stereocenters. The van der Waals surface area contributed by atoms with Crippen molar-refractivity contribution in [3.05, 3.63) is 176 Å². The van der Waals surface area contributed by atoms with E-state index in [1.54, 1.807) is 22.7 Å². The molecule has 0 bridgehead atoms. The molecular weight excluding hydrogens is 1520 g/mol. The lowest BCUT2D eigenvalue weighted by molar-refractivity contribution is 0.667. The molecule has 0 aliphatic heterocycles. The van der Waals surface area contributed by atoms with Crippen molar-refractivity contribution >= 4 is 147 Å². The Kier molecular flexibility index (Phi) is 28.4. The Labute approximate surface area is 680 Å². The topological polar surface area (TPSA) is 25.8 Å². The molecular formula is C92H102N2S12. The summed E-state index contributed by atoms with van der Waals surface area (Å²) >= 11 is 23.5. The molecule has 552 valence electrons. The van der Waals surface area contributed by atoms with E-state index in [1.807, 2.05) is 113 Å². The zero-order valence-corrected chi connectivity index (χ0v) is 72.7. The van der Waals surface area contributed by atoms with Crippen LogP contribution >= 0.6 is 136 Å². The van der Waals surface area contributed by atoms with E-state index in [1.165, 1.54) is 298 Å². The lowest BCUT2D eigenvalue weighted by Crippen LogP contribution is -1.96. The van der Waals surface area contributed by atoms with Crippen LogP contribution in [-0.4, -0.2) is 9.97 Å². The molecule has 0 radical (unpaired) electrons. The summed E-state index contributed by atoms with van der Waals surface area (Å²) in [6, 6.07) is 52.8. The van der Waals surface area contributed by atoms with Gasteiger partial charge in [0.2, 0.25) is 0 Å². The molecule has 0 aliphatic carbocycles. The molecule has 13 aromatic heterocycles. The Morgan fingerprint density at radius 1 is 0.226 bits per heavy atom. The molecule has 0 N–H and O–H groups in total. The van der Waals surface area contributed by atoms with Gasteiger partial charge in [0.15, 0.2) is 0 Å². The Morgan fingerprint density at radius 3 is 0.821 bits per heavy atom. The number of fused-ring (bicyclic) bond motifs is 1. The van der Waals surface area contributed by atoms with Crippen LogP contribution < -0.4 is 0 Å². The number of nitrogens with zero attached hydrogens (tertiary/aromatic N) is 2. The van der Waals surface area contributed by atoms with Crippen molar-refractivity contribution in [2.75, 3.05) is 0 Å². The number of rotatable bonds is 42. The van der Waals surface area contributed by atoms with Crippen LogP contribution in [0.25, 0.3) is 131 Å². The van der Waals surface area contributed by atoms with Crippen molar-refractivity contribution in [1.29, 1.82) is 0 Å². The quantitative estimate of drug-likeness (QED) is 0.0356. The van der Waals surface area contributed by atoms with Gasteiger partial charge in [-0.2, -0.15) is 0 Å². The Morgan fingerprint density at radius 2 is 0.500 bits per heavy atom. The molecule has 1 aromatic carbocycles. The van der Waals surface area contributed by atoms with Gasteiger partial charge in [0.25, 0.3) is 0 Å². The van der Waals surface area contributed by atoms with E-state index >= 15 is 0 Å². The third-order valence-corrected chi connectivity index (χ3v) is 35.1. The largest absolute Gasteiger partial charge is 0.242 e. The molecule has 0 fully saturated rings. The average molecular weight is 1620 g/mol. The molecule has 14 heteroatoms. The third kappa shape index (κ3) is 18.9. The van der Waals surface area contributed by atoms with E-state index < -0.39 is 0 Å². The number of hydrogen-bond donors (Lipinski definition) is 0. The maximum Gasteiger partial charge on any atom is 0.108 e. The van der Waals surface area contributed by atoms with Crippen molar-refractivity contribution < 1.29 is 0 Å². The highest BCUT2D eigenvalue weighted by Gasteiger charge is 2.27. The molecule has 106 heavy (non-hydrogen) atoms. The van der Waals surface area contributed by atoms with Crippen LogP contribution in [0.2, 0.25) is 0 Å². The summed E-state index contributed by atoms with van der Waals surface area (Å²) in [5, 5.41) is 4.39. The molecule has 14 aromatic rings. The fraction of sp³-hybridized carbons (Fsp3) is 0.391. The van der Waals surface area contributed by atoms with Crippen molar-refractivity contribution in [3.8, 4) is 120 Å². The van der Waals surface area contributed by atoms with Crippen LogP contribution in [0.15, 0.2) is 144 Å². The normalized spacial score (nSPS) is 11.9. The van der Waals surface area contributed by atoms with Crippen molar-refractivity contribution in [1.82, 2.24) is 9.97 Å². The van der Waals surface area contributed by atoms with Crippen LogP contribution in [0.4, 0.5) is 0 Å². The maximum atomic E-state index is 5.98. The van der Waals surface area contributed by atoms with Gasteiger partial charge in [-0.25, -0.2) is 9.97 Å². The van der Waals surface area contributed by atoms with Gasteiger partial charge in [0.1, 0.15) is 11.4 Å². The van der Waals surface area contributed by atoms with Gasteiger partial charge in [-0.3, -0.25) is 0 Å². The van der Waals surface area contributed by atoms with Crippen molar-refractivity contribution in [2.24, 2.45) is 0 Å². The predicted octanol–water partition coefficient (Wildman–Crippen LogP) is 35.1. The van der Waals surface area contributed by atoms with Gasteiger partial charge in [-0.15, -0.1) is 136 Å². The van der Waals surface area contributed by atoms with Gasteiger partial charge in [-0.05, 0) is 219 Å². The molecule has 0 aliphatic rings. The highest BCUT2D eigenvalue weighted by Crippen LogP contribution is 2.54. The van der Waals surface area contributed by atoms with Gasteiger partial charge in [0.05, 0.1) is 20.8 Å². The molecule has 0 saturated heterocycles. The van der Waals surface area contributed by atoms with Crippen molar-refractivity contribution in [3.63, 3.8) is 0 Å². The molecule has 0 spiro atoms. The van der Waals surface area contributed by atoms with Gasteiger partial charge in [0, 0.05) is 109 Å². The molecule has 13 heterocycles. The summed E-state index contributed by atoms with van der Waals surface area (Å²) in [4.78, 5) is 42.4. The van der Waals surface area contributed by atoms with Gasteiger partial charge < -0.3 is 0 Å². The minimum Gasteiger partial charge on any atom is -0.242 e. The smallest absolute Gasteiger partial charge is 0.108 e. The van der Waals surface area contributed by atoms with E-state index in [2.05, 4.69) is 186 Å². The van der Waals surface area contributed by atoms with E-state index in [0.29, 0.717) is 0 Å². The van der Waals surface area contributed by atoms with E-state index in [0.717, 1.165) is 57.9 Å². The van der Waals surface area contributed by atoms with Crippen molar-refractivity contribution in [2.45, 2.75) is 234 Å². The number of thiophene rings is 12. The summed E-state index contributed by atoms with van der Waals surface area (Å²) in [5.41, 5.74) is 12.3. The predicted molar refractivity (Wildman–Crippen MR) is 486 cm³/mol. The summed E-state index contributed by atoms with van der Waals surface area (Å²) < 4.78 is 0. The molecule has 14 rings (SSSR count). The standard InChI is InChI=1S/C92H102N2S12/c1-7-13-19-25-33-61-57-81(103-91(61)83-59-63(35-27-21-15-9-3)89(105-83)79-53-51-75(101-79)73-49-47-71(99-73)69-45-41-65(97-69)37-29-23-17-11-5)67-43-44-68(86-85(67)93-87(77-39-31-55-95-77)88(94-86)78-40-32-56-96-78)82-58-62(34-26-20-14-8-2)92(104-82)84-60-64(36-28-22-16-10-4)90(106-84)80-54-52-76(102-80)74-50-48-72(100-74)70-46-42-66(98-70)38-30-24-18-12-6/h31-32,39-60H,7-30,33-38H2,1-6H3.